The summed E-state index contributed by atoms with van der Waals surface area (Å²) in [5, 5.41) is 11.9. The van der Waals surface area contributed by atoms with Gasteiger partial charge in [0.2, 0.25) is 0 Å². The molecular weight excluding hydrogens is 432 g/mol. The van der Waals surface area contributed by atoms with Gasteiger partial charge in [-0.15, -0.1) is 0 Å². The molecule has 8 nitrogen and oxygen atoms in total. The van der Waals surface area contributed by atoms with E-state index in [1.165, 1.54) is 6.92 Å². The monoisotopic (exact) mass is 464 g/mol. The molecule has 0 spiro atoms. The average Bonchev–Trinajstić information content (AvgIpc) is 2.87. The molecule has 0 radical (unpaired) electrons. The van der Waals surface area contributed by atoms with Crippen LogP contribution in [0, 0.1) is 5.41 Å². The molecule has 1 amide bonds. The van der Waals surface area contributed by atoms with Crippen LogP contribution >= 0.6 is 0 Å². The second-order valence-corrected chi connectivity index (χ2v) is 8.77. The molecule has 2 N–H and O–H groups in total. The number of benzene rings is 2. The first-order valence-electron chi connectivity index (χ1n) is 11.7. The number of ether oxygens (including phenoxy) is 2. The number of hydrogen-bond donors (Lipinski definition) is 2. The van der Waals surface area contributed by atoms with Crippen LogP contribution < -0.4 is 10.2 Å². The molecule has 2 aliphatic heterocycles. The Morgan fingerprint density at radius 3 is 2.50 bits per heavy atom. The molecule has 0 bridgehead atoms. The van der Waals surface area contributed by atoms with E-state index in [4.69, 9.17) is 14.9 Å². The molecule has 2 aromatic rings. The lowest BCUT2D eigenvalue weighted by molar-refractivity contribution is -0.147. The molecule has 2 atom stereocenters. The zero-order chi connectivity index (χ0) is 24.2. The van der Waals surface area contributed by atoms with Crippen LogP contribution in [0.1, 0.15) is 46.9 Å². The minimum absolute atomic E-state index is 0.122. The summed E-state index contributed by atoms with van der Waals surface area (Å²) in [7, 11) is 1.75. The van der Waals surface area contributed by atoms with E-state index in [0.29, 0.717) is 37.7 Å². The van der Waals surface area contributed by atoms with Crippen LogP contribution in [-0.4, -0.2) is 68.6 Å². The van der Waals surface area contributed by atoms with Crippen molar-refractivity contribution in [3.63, 3.8) is 0 Å². The topological polar surface area (TPSA) is 95.0 Å². The first-order valence-corrected chi connectivity index (χ1v) is 11.7. The van der Waals surface area contributed by atoms with Crippen molar-refractivity contribution in [1.82, 2.24) is 10.2 Å². The maximum absolute atomic E-state index is 13.3. The highest BCUT2D eigenvalue weighted by Crippen LogP contribution is 2.29. The highest BCUT2D eigenvalue weighted by atomic mass is 16.5. The molecule has 1 saturated heterocycles. The predicted molar refractivity (Wildman–Crippen MR) is 131 cm³/mol. The Balaban J connectivity index is 1.50. The summed E-state index contributed by atoms with van der Waals surface area (Å²) in [6.07, 6.45) is 0.522. The van der Waals surface area contributed by atoms with Crippen molar-refractivity contribution < 1.29 is 19.1 Å². The number of anilines is 1. The molecule has 180 valence electrons. The van der Waals surface area contributed by atoms with E-state index in [0.717, 1.165) is 35.3 Å². The molecule has 0 aliphatic carbocycles. The Bertz CT molecular complexity index is 1060. The third kappa shape index (κ3) is 5.13. The number of nitrogens with zero attached hydrogens (tertiary/aromatic N) is 2. The minimum Gasteiger partial charge on any atom is -0.461 e. The van der Waals surface area contributed by atoms with Gasteiger partial charge in [0.25, 0.3) is 5.91 Å². The Hall–Kier alpha value is -3.23. The molecule has 34 heavy (non-hydrogen) atoms. The van der Waals surface area contributed by atoms with Gasteiger partial charge in [0, 0.05) is 43.9 Å². The largest absolute Gasteiger partial charge is 0.461 e. The van der Waals surface area contributed by atoms with Crippen molar-refractivity contribution in [3.05, 3.63) is 64.7 Å². The van der Waals surface area contributed by atoms with Gasteiger partial charge >= 0.3 is 5.97 Å². The number of carbonyl (C=O) groups excluding carboxylic acids is 2. The zero-order valence-electron chi connectivity index (χ0n) is 20.0. The number of hydrogen-bond acceptors (Lipinski definition) is 6. The lowest BCUT2D eigenvalue weighted by Crippen LogP contribution is -2.40. The zero-order valence-corrected chi connectivity index (χ0v) is 20.0. The number of amidine groups is 1. The van der Waals surface area contributed by atoms with Gasteiger partial charge in [-0.2, -0.15) is 0 Å². The van der Waals surface area contributed by atoms with Crippen LogP contribution in [0.25, 0.3) is 0 Å². The Kier molecular flexibility index (Phi) is 7.29. The van der Waals surface area contributed by atoms with Crippen LogP contribution in [0.3, 0.4) is 0 Å². The number of morpholine rings is 1. The normalized spacial score (nSPS) is 18.6. The van der Waals surface area contributed by atoms with E-state index in [2.05, 4.69) is 5.32 Å². The van der Waals surface area contributed by atoms with Crippen molar-refractivity contribution in [1.29, 1.82) is 5.41 Å². The molecule has 2 aliphatic rings. The van der Waals surface area contributed by atoms with Crippen molar-refractivity contribution in [2.45, 2.75) is 32.4 Å². The maximum Gasteiger partial charge on any atom is 0.302 e. The highest BCUT2D eigenvalue weighted by molar-refractivity contribution is 6.06. The summed E-state index contributed by atoms with van der Waals surface area (Å²) < 4.78 is 10.8. The lowest BCUT2D eigenvalue weighted by atomic mass is 9.89. The van der Waals surface area contributed by atoms with Crippen LogP contribution in [-0.2, 0) is 20.7 Å². The second kappa shape index (κ2) is 10.4. The summed E-state index contributed by atoms with van der Waals surface area (Å²) in [6, 6.07) is 13.1. The first kappa shape index (κ1) is 23.9. The fraction of sp³-hybridized carbons (Fsp3) is 0.423. The SMILES string of the molecule is CC(=O)OC(C)C1NCCc2ccc(C(=O)N(C)c3ccc(C(=N)N4CCOCC4)cc3)cc21. The van der Waals surface area contributed by atoms with Crippen molar-refractivity contribution in [2.75, 3.05) is 44.8 Å². The van der Waals surface area contributed by atoms with E-state index in [1.54, 1.807) is 11.9 Å². The van der Waals surface area contributed by atoms with Crippen LogP contribution in [0.2, 0.25) is 0 Å². The highest BCUT2D eigenvalue weighted by Gasteiger charge is 2.28. The molecule has 2 unspecified atom stereocenters. The lowest BCUT2D eigenvalue weighted by Gasteiger charge is -2.31. The van der Waals surface area contributed by atoms with Gasteiger partial charge in [0.15, 0.2) is 0 Å². The molecule has 4 rings (SSSR count). The summed E-state index contributed by atoms with van der Waals surface area (Å²) in [5.41, 5.74) is 4.30. The van der Waals surface area contributed by atoms with E-state index in [9.17, 15) is 9.59 Å². The molecule has 0 saturated carbocycles. The van der Waals surface area contributed by atoms with Gasteiger partial charge in [-0.25, -0.2) is 0 Å². The Labute approximate surface area is 200 Å². The quantitative estimate of drug-likeness (QED) is 0.401. The number of rotatable bonds is 5. The van der Waals surface area contributed by atoms with Gasteiger partial charge in [-0.05, 0) is 67.4 Å². The molecule has 0 aromatic heterocycles. The Morgan fingerprint density at radius 2 is 1.82 bits per heavy atom. The molecule has 8 heteroatoms. The smallest absolute Gasteiger partial charge is 0.302 e. The fourth-order valence-corrected chi connectivity index (χ4v) is 4.59. The summed E-state index contributed by atoms with van der Waals surface area (Å²) in [4.78, 5) is 28.4. The summed E-state index contributed by atoms with van der Waals surface area (Å²) in [5.74, 6) is 0.0285. The van der Waals surface area contributed by atoms with Crippen molar-refractivity contribution in [2.24, 2.45) is 0 Å². The van der Waals surface area contributed by atoms with Gasteiger partial charge in [0.1, 0.15) is 11.9 Å². The number of nitrogens with one attached hydrogen (secondary N) is 2. The van der Waals surface area contributed by atoms with Gasteiger partial charge in [-0.1, -0.05) is 6.07 Å². The van der Waals surface area contributed by atoms with E-state index in [1.807, 2.05) is 54.3 Å². The number of fused-ring (bicyclic) bond motifs is 1. The maximum atomic E-state index is 13.3. The molecule has 2 aromatic carbocycles. The fourth-order valence-electron chi connectivity index (χ4n) is 4.59. The second-order valence-electron chi connectivity index (χ2n) is 8.77. The summed E-state index contributed by atoms with van der Waals surface area (Å²) in [6.45, 7) is 6.76. The van der Waals surface area contributed by atoms with Crippen molar-refractivity contribution in [3.8, 4) is 0 Å². The molecule has 2 heterocycles. The van der Waals surface area contributed by atoms with Gasteiger partial charge in [-0.3, -0.25) is 15.0 Å². The first-order chi connectivity index (χ1) is 16.3. The standard InChI is InChI=1S/C26H32N4O4/c1-17(34-18(2)31)24-23-16-21(5-4-19(23)10-11-28-24)26(32)29(3)22-8-6-20(7-9-22)25(27)30-12-14-33-15-13-30/h4-9,16-17,24,27-28H,10-15H2,1-3H3. The predicted octanol–water partition coefficient (Wildman–Crippen LogP) is 2.76. The Morgan fingerprint density at radius 1 is 1.15 bits per heavy atom. The number of amides is 1. The minimum atomic E-state index is -0.339. The molecular formula is C26H32N4O4. The third-order valence-electron chi connectivity index (χ3n) is 6.47. The van der Waals surface area contributed by atoms with E-state index >= 15 is 0 Å². The van der Waals surface area contributed by atoms with Crippen LogP contribution in [0.4, 0.5) is 5.69 Å². The number of esters is 1. The van der Waals surface area contributed by atoms with Crippen LogP contribution in [0.5, 0.6) is 0 Å². The number of carbonyl (C=O) groups is 2. The van der Waals surface area contributed by atoms with Gasteiger partial charge < -0.3 is 24.6 Å². The summed E-state index contributed by atoms with van der Waals surface area (Å²) >= 11 is 0. The van der Waals surface area contributed by atoms with Gasteiger partial charge in [0.05, 0.1) is 19.3 Å². The van der Waals surface area contributed by atoms with E-state index in [-0.39, 0.29) is 24.0 Å². The van der Waals surface area contributed by atoms with Crippen LogP contribution in [0.15, 0.2) is 42.5 Å². The van der Waals surface area contributed by atoms with E-state index < -0.39 is 0 Å². The third-order valence-corrected chi connectivity index (χ3v) is 6.47. The molecule has 1 fully saturated rings. The van der Waals surface area contributed by atoms with Crippen molar-refractivity contribution >= 4 is 23.4 Å². The average molecular weight is 465 g/mol.